The fourth-order valence-electron chi connectivity index (χ4n) is 1.48. The minimum Gasteiger partial charge on any atom is -0.508 e. The predicted octanol–water partition coefficient (Wildman–Crippen LogP) is 2.92. The lowest BCUT2D eigenvalue weighted by Gasteiger charge is -2.02. The summed E-state index contributed by atoms with van der Waals surface area (Å²) in [5.41, 5.74) is 1.25. The fraction of sp³-hybridized carbons (Fsp3) is 0.154. The van der Waals surface area contributed by atoms with Crippen LogP contribution in [0, 0.1) is 0 Å². The van der Waals surface area contributed by atoms with Gasteiger partial charge in [-0.2, -0.15) is 0 Å². The minimum absolute atomic E-state index is 0.0651. The Labute approximate surface area is 92.6 Å². The Bertz CT molecular complexity index is 621. The highest BCUT2D eigenvalue weighted by Crippen LogP contribution is 2.21. The van der Waals surface area contributed by atoms with E-state index in [1.807, 2.05) is 19.9 Å². The van der Waals surface area contributed by atoms with Crippen molar-refractivity contribution in [2.45, 2.75) is 13.8 Å². The lowest BCUT2D eigenvalue weighted by Crippen LogP contribution is -2.01. The van der Waals surface area contributed by atoms with Crippen molar-refractivity contribution >= 4 is 16.5 Å². The molecule has 3 heteroatoms. The third-order valence-electron chi connectivity index (χ3n) is 2.53. The first kappa shape index (κ1) is 10.5. The number of hydrogen-bond donors (Lipinski definition) is 1. The molecule has 0 aliphatic carbocycles. The molecular formula is C13H12O3. The average molecular weight is 216 g/mol. The Kier molecular flexibility index (Phi) is 2.52. The molecule has 0 amide bonds. The minimum atomic E-state index is -0.145. The van der Waals surface area contributed by atoms with E-state index in [1.54, 1.807) is 6.07 Å². The highest BCUT2D eigenvalue weighted by Gasteiger charge is 2.06. The normalized spacial score (nSPS) is 12.0. The van der Waals surface area contributed by atoms with Gasteiger partial charge in [0.2, 0.25) is 0 Å². The van der Waals surface area contributed by atoms with Gasteiger partial charge in [0.15, 0.2) is 5.43 Å². The number of aromatic hydroxyl groups is 1. The highest BCUT2D eigenvalue weighted by molar-refractivity contribution is 5.79. The smallest absolute Gasteiger partial charge is 0.193 e. The lowest BCUT2D eigenvalue weighted by atomic mass is 10.1. The number of phenols is 1. The molecule has 0 aliphatic heterocycles. The quantitative estimate of drug-likeness (QED) is 0.797. The molecule has 0 saturated heterocycles. The van der Waals surface area contributed by atoms with Gasteiger partial charge in [-0.25, -0.2) is 0 Å². The molecule has 0 bridgehead atoms. The first-order valence-corrected chi connectivity index (χ1v) is 5.02. The van der Waals surface area contributed by atoms with Gasteiger partial charge in [-0.3, -0.25) is 4.79 Å². The van der Waals surface area contributed by atoms with Crippen LogP contribution in [0.15, 0.2) is 39.6 Å². The number of allylic oxidation sites excluding steroid dienone is 2. The summed E-state index contributed by atoms with van der Waals surface area (Å²) in [6.45, 7) is 3.76. The average Bonchev–Trinajstić information content (AvgIpc) is 2.28. The van der Waals surface area contributed by atoms with Crippen LogP contribution in [-0.2, 0) is 0 Å². The lowest BCUT2D eigenvalue weighted by molar-refractivity contribution is 0.475. The Morgan fingerprint density at radius 1 is 1.38 bits per heavy atom. The van der Waals surface area contributed by atoms with Crippen molar-refractivity contribution in [3.8, 4) is 5.75 Å². The summed E-state index contributed by atoms with van der Waals surface area (Å²) >= 11 is 0. The molecule has 82 valence electrons. The topological polar surface area (TPSA) is 50.4 Å². The van der Waals surface area contributed by atoms with Crippen LogP contribution in [-0.4, -0.2) is 5.11 Å². The molecule has 0 unspecified atom stereocenters. The van der Waals surface area contributed by atoms with Crippen LogP contribution in [0.1, 0.15) is 19.6 Å². The number of benzene rings is 1. The summed E-state index contributed by atoms with van der Waals surface area (Å²) < 4.78 is 5.57. The van der Waals surface area contributed by atoms with Crippen molar-refractivity contribution in [1.82, 2.24) is 0 Å². The molecule has 16 heavy (non-hydrogen) atoms. The summed E-state index contributed by atoms with van der Waals surface area (Å²) in [6, 6.07) is 5.95. The van der Waals surface area contributed by atoms with Gasteiger partial charge in [-0.15, -0.1) is 0 Å². The van der Waals surface area contributed by atoms with E-state index in [-0.39, 0.29) is 11.2 Å². The third kappa shape index (κ3) is 1.72. The first-order valence-electron chi connectivity index (χ1n) is 5.02. The van der Waals surface area contributed by atoms with Gasteiger partial charge in [0.05, 0.1) is 5.39 Å². The van der Waals surface area contributed by atoms with E-state index in [1.165, 1.54) is 18.2 Å². The predicted molar refractivity (Wildman–Crippen MR) is 63.5 cm³/mol. The number of phenolic OH excluding ortho intramolecular Hbond substituents is 1. The van der Waals surface area contributed by atoms with E-state index >= 15 is 0 Å². The first-order chi connectivity index (χ1) is 7.61. The molecule has 0 radical (unpaired) electrons. The van der Waals surface area contributed by atoms with Gasteiger partial charge in [0, 0.05) is 6.07 Å². The Balaban J connectivity index is 2.79. The summed E-state index contributed by atoms with van der Waals surface area (Å²) in [5, 5.41) is 9.68. The van der Waals surface area contributed by atoms with Crippen LogP contribution < -0.4 is 5.43 Å². The SMILES string of the molecule is CC=C(C)c1cc(=O)c2cc(O)ccc2o1. The zero-order valence-electron chi connectivity index (χ0n) is 9.15. The summed E-state index contributed by atoms with van der Waals surface area (Å²) in [6.07, 6.45) is 1.88. The molecule has 1 aromatic carbocycles. The van der Waals surface area contributed by atoms with Gasteiger partial charge < -0.3 is 9.52 Å². The Morgan fingerprint density at radius 2 is 2.12 bits per heavy atom. The van der Waals surface area contributed by atoms with E-state index in [4.69, 9.17) is 4.42 Å². The maximum Gasteiger partial charge on any atom is 0.193 e. The van der Waals surface area contributed by atoms with Crippen molar-refractivity contribution in [3.63, 3.8) is 0 Å². The maximum atomic E-state index is 11.8. The summed E-state index contributed by atoms with van der Waals surface area (Å²) in [4.78, 5) is 11.8. The van der Waals surface area contributed by atoms with Crippen LogP contribution in [0.3, 0.4) is 0 Å². The van der Waals surface area contributed by atoms with Crippen LogP contribution in [0.2, 0.25) is 0 Å². The molecule has 1 heterocycles. The van der Waals surface area contributed by atoms with Gasteiger partial charge in [-0.1, -0.05) is 6.08 Å². The van der Waals surface area contributed by atoms with Crippen molar-refractivity contribution < 1.29 is 9.52 Å². The third-order valence-corrected chi connectivity index (χ3v) is 2.53. The van der Waals surface area contributed by atoms with Gasteiger partial charge >= 0.3 is 0 Å². The van der Waals surface area contributed by atoms with Gasteiger partial charge in [-0.05, 0) is 37.6 Å². The standard InChI is InChI=1S/C13H12O3/c1-3-8(2)13-7-11(15)10-6-9(14)4-5-12(10)16-13/h3-7,14H,1-2H3. The summed E-state index contributed by atoms with van der Waals surface area (Å²) in [7, 11) is 0. The van der Waals surface area contributed by atoms with Crippen molar-refractivity contribution in [3.05, 3.63) is 46.3 Å². The Morgan fingerprint density at radius 3 is 2.81 bits per heavy atom. The van der Waals surface area contributed by atoms with Gasteiger partial charge in [0.1, 0.15) is 17.1 Å². The van der Waals surface area contributed by atoms with E-state index < -0.39 is 0 Å². The van der Waals surface area contributed by atoms with Crippen molar-refractivity contribution in [2.75, 3.05) is 0 Å². The molecule has 0 spiro atoms. The largest absolute Gasteiger partial charge is 0.508 e. The number of fused-ring (bicyclic) bond motifs is 1. The molecule has 3 nitrogen and oxygen atoms in total. The molecule has 1 aromatic heterocycles. The van der Waals surface area contributed by atoms with E-state index in [9.17, 15) is 9.90 Å². The van der Waals surface area contributed by atoms with Crippen molar-refractivity contribution in [2.24, 2.45) is 0 Å². The molecule has 0 atom stereocenters. The fourth-order valence-corrected chi connectivity index (χ4v) is 1.48. The second-order valence-corrected chi connectivity index (χ2v) is 3.63. The zero-order chi connectivity index (χ0) is 11.7. The van der Waals surface area contributed by atoms with Gasteiger partial charge in [0.25, 0.3) is 0 Å². The second-order valence-electron chi connectivity index (χ2n) is 3.63. The molecular weight excluding hydrogens is 204 g/mol. The number of hydrogen-bond acceptors (Lipinski definition) is 3. The Hall–Kier alpha value is -2.03. The van der Waals surface area contributed by atoms with E-state index in [0.29, 0.717) is 16.7 Å². The number of rotatable bonds is 1. The molecule has 0 fully saturated rings. The molecule has 2 aromatic rings. The molecule has 0 saturated carbocycles. The van der Waals surface area contributed by atoms with Crippen LogP contribution in [0.5, 0.6) is 5.75 Å². The van der Waals surface area contributed by atoms with Crippen LogP contribution >= 0.6 is 0 Å². The molecule has 1 N–H and O–H groups in total. The van der Waals surface area contributed by atoms with Crippen molar-refractivity contribution in [1.29, 1.82) is 0 Å². The van der Waals surface area contributed by atoms with E-state index in [2.05, 4.69) is 0 Å². The van der Waals surface area contributed by atoms with Crippen LogP contribution in [0.4, 0.5) is 0 Å². The maximum absolute atomic E-state index is 11.8. The molecule has 0 aliphatic rings. The second kappa shape index (κ2) is 3.85. The van der Waals surface area contributed by atoms with E-state index in [0.717, 1.165) is 5.57 Å². The monoisotopic (exact) mass is 216 g/mol. The zero-order valence-corrected chi connectivity index (χ0v) is 9.15. The molecule has 2 rings (SSSR count). The van der Waals surface area contributed by atoms with Crippen LogP contribution in [0.25, 0.3) is 16.5 Å². The summed E-state index contributed by atoms with van der Waals surface area (Å²) in [5.74, 6) is 0.626. The highest BCUT2D eigenvalue weighted by atomic mass is 16.3.